The molecule has 0 atom stereocenters. The minimum absolute atomic E-state index is 0.131. The molecule has 7 heteroatoms. The number of benzene rings is 2. The third-order valence-corrected chi connectivity index (χ3v) is 5.29. The second-order valence-corrected chi connectivity index (χ2v) is 7.93. The lowest BCUT2D eigenvalue weighted by molar-refractivity contribution is -0.116. The first-order valence-corrected chi connectivity index (χ1v) is 9.25. The Morgan fingerprint density at radius 1 is 1.12 bits per heavy atom. The van der Waals surface area contributed by atoms with Crippen molar-refractivity contribution in [2.24, 2.45) is 0 Å². The van der Waals surface area contributed by atoms with Gasteiger partial charge in [0, 0.05) is 19.8 Å². The molecule has 0 bridgehead atoms. The molecule has 0 radical (unpaired) electrons. The first-order chi connectivity index (χ1) is 11.8. The normalized spacial score (nSPS) is 11.4. The maximum Gasteiger partial charge on any atom is 0.242 e. The van der Waals surface area contributed by atoms with E-state index >= 15 is 0 Å². The van der Waals surface area contributed by atoms with E-state index in [1.807, 2.05) is 31.2 Å². The van der Waals surface area contributed by atoms with Crippen molar-refractivity contribution in [3.05, 3.63) is 54.1 Å². The standard InChI is InChI=1S/C18H22N2O4S/c1-14-6-4-8-16(12-14)24-11-10-18(21)19-15-7-5-9-17(13-15)25(22,23)20(2)3/h4-9,12-13H,10-11H2,1-3H3,(H,19,21). The van der Waals surface area contributed by atoms with Crippen LogP contribution in [0.1, 0.15) is 12.0 Å². The predicted octanol–water partition coefficient (Wildman–Crippen LogP) is 2.65. The molecule has 0 unspecified atom stereocenters. The molecule has 1 amide bonds. The minimum Gasteiger partial charge on any atom is -0.493 e. The number of ether oxygens (including phenoxy) is 1. The fourth-order valence-electron chi connectivity index (χ4n) is 2.14. The summed E-state index contributed by atoms with van der Waals surface area (Å²) in [6.07, 6.45) is 0.165. The highest BCUT2D eigenvalue weighted by Gasteiger charge is 2.17. The van der Waals surface area contributed by atoms with E-state index in [9.17, 15) is 13.2 Å². The zero-order valence-electron chi connectivity index (χ0n) is 14.5. The molecular formula is C18H22N2O4S. The Balaban J connectivity index is 1.92. The molecule has 2 rings (SSSR count). The van der Waals surface area contributed by atoms with Gasteiger partial charge < -0.3 is 10.1 Å². The highest BCUT2D eigenvalue weighted by Crippen LogP contribution is 2.18. The summed E-state index contributed by atoms with van der Waals surface area (Å²) in [6, 6.07) is 13.8. The molecule has 0 saturated heterocycles. The van der Waals surface area contributed by atoms with Gasteiger partial charge in [0.15, 0.2) is 0 Å². The van der Waals surface area contributed by atoms with E-state index in [-0.39, 0.29) is 23.8 Å². The summed E-state index contributed by atoms with van der Waals surface area (Å²) in [6.45, 7) is 2.21. The zero-order valence-corrected chi connectivity index (χ0v) is 15.3. The van der Waals surface area contributed by atoms with Crippen LogP contribution >= 0.6 is 0 Å². The van der Waals surface area contributed by atoms with E-state index in [1.165, 1.54) is 26.2 Å². The van der Waals surface area contributed by atoms with Crippen LogP contribution in [-0.4, -0.2) is 39.3 Å². The highest BCUT2D eigenvalue weighted by atomic mass is 32.2. The SMILES string of the molecule is Cc1cccc(OCCC(=O)Nc2cccc(S(=O)(=O)N(C)C)c2)c1. The van der Waals surface area contributed by atoms with Crippen molar-refractivity contribution < 1.29 is 17.9 Å². The number of rotatable bonds is 7. The van der Waals surface area contributed by atoms with Crippen LogP contribution in [0.5, 0.6) is 5.75 Å². The van der Waals surface area contributed by atoms with Gasteiger partial charge in [-0.2, -0.15) is 0 Å². The van der Waals surface area contributed by atoms with Crippen molar-refractivity contribution in [1.82, 2.24) is 4.31 Å². The van der Waals surface area contributed by atoms with E-state index in [0.717, 1.165) is 9.87 Å². The Morgan fingerprint density at radius 3 is 2.52 bits per heavy atom. The lowest BCUT2D eigenvalue weighted by Crippen LogP contribution is -2.22. The predicted molar refractivity (Wildman–Crippen MR) is 97.2 cm³/mol. The van der Waals surface area contributed by atoms with E-state index in [2.05, 4.69) is 5.32 Å². The second kappa shape index (κ2) is 8.13. The molecule has 2 aromatic carbocycles. The summed E-state index contributed by atoms with van der Waals surface area (Å²) >= 11 is 0. The van der Waals surface area contributed by atoms with Crippen LogP contribution in [0.25, 0.3) is 0 Å². The summed E-state index contributed by atoms with van der Waals surface area (Å²) in [7, 11) is -0.612. The first kappa shape index (κ1) is 19.0. The molecule has 0 spiro atoms. The number of carbonyl (C=O) groups excluding carboxylic acids is 1. The Labute approximate surface area is 148 Å². The molecule has 0 aliphatic heterocycles. The number of carbonyl (C=O) groups is 1. The topological polar surface area (TPSA) is 75.7 Å². The smallest absolute Gasteiger partial charge is 0.242 e. The number of anilines is 1. The third kappa shape index (κ3) is 5.30. The van der Waals surface area contributed by atoms with E-state index in [1.54, 1.807) is 12.1 Å². The number of hydrogen-bond acceptors (Lipinski definition) is 4. The number of sulfonamides is 1. The van der Waals surface area contributed by atoms with Crippen LogP contribution in [0.2, 0.25) is 0 Å². The van der Waals surface area contributed by atoms with Crippen molar-refractivity contribution in [3.63, 3.8) is 0 Å². The maximum absolute atomic E-state index is 12.1. The molecule has 134 valence electrons. The number of nitrogens with zero attached hydrogens (tertiary/aromatic N) is 1. The number of amides is 1. The van der Waals surface area contributed by atoms with Crippen molar-refractivity contribution in [1.29, 1.82) is 0 Å². The Bertz CT molecular complexity index is 848. The fourth-order valence-corrected chi connectivity index (χ4v) is 3.08. The van der Waals surface area contributed by atoms with Gasteiger partial charge in [-0.3, -0.25) is 4.79 Å². The molecule has 0 saturated carbocycles. The van der Waals surface area contributed by atoms with Crippen LogP contribution in [0.4, 0.5) is 5.69 Å². The van der Waals surface area contributed by atoms with Crippen LogP contribution < -0.4 is 10.1 Å². The van der Waals surface area contributed by atoms with Crippen LogP contribution in [0.3, 0.4) is 0 Å². The first-order valence-electron chi connectivity index (χ1n) is 7.81. The summed E-state index contributed by atoms with van der Waals surface area (Å²) in [5, 5.41) is 2.69. The summed E-state index contributed by atoms with van der Waals surface area (Å²) in [5.41, 5.74) is 1.52. The summed E-state index contributed by atoms with van der Waals surface area (Å²) < 4.78 is 30.9. The molecular weight excluding hydrogens is 340 g/mol. The lowest BCUT2D eigenvalue weighted by Gasteiger charge is -2.13. The number of aryl methyl sites for hydroxylation is 1. The number of hydrogen-bond donors (Lipinski definition) is 1. The van der Waals surface area contributed by atoms with Gasteiger partial charge >= 0.3 is 0 Å². The molecule has 25 heavy (non-hydrogen) atoms. The highest BCUT2D eigenvalue weighted by molar-refractivity contribution is 7.89. The molecule has 6 nitrogen and oxygen atoms in total. The van der Waals surface area contributed by atoms with Gasteiger partial charge in [-0.15, -0.1) is 0 Å². The van der Waals surface area contributed by atoms with Crippen molar-refractivity contribution in [2.75, 3.05) is 26.0 Å². The van der Waals surface area contributed by atoms with Crippen LogP contribution in [-0.2, 0) is 14.8 Å². The maximum atomic E-state index is 12.1. The Kier molecular flexibility index (Phi) is 6.17. The number of nitrogens with one attached hydrogen (secondary N) is 1. The Hall–Kier alpha value is -2.38. The van der Waals surface area contributed by atoms with Gasteiger partial charge in [0.2, 0.25) is 15.9 Å². The van der Waals surface area contributed by atoms with Gasteiger partial charge in [-0.05, 0) is 42.8 Å². The summed E-state index contributed by atoms with van der Waals surface area (Å²) in [4.78, 5) is 12.1. The van der Waals surface area contributed by atoms with Crippen molar-refractivity contribution in [2.45, 2.75) is 18.2 Å². The van der Waals surface area contributed by atoms with Crippen molar-refractivity contribution >= 4 is 21.6 Å². The van der Waals surface area contributed by atoms with Gasteiger partial charge in [-0.25, -0.2) is 12.7 Å². The average Bonchev–Trinajstić information content (AvgIpc) is 2.55. The third-order valence-electron chi connectivity index (χ3n) is 3.48. The van der Waals surface area contributed by atoms with Gasteiger partial charge in [0.1, 0.15) is 5.75 Å². The molecule has 0 aromatic heterocycles. The fraction of sp³-hybridized carbons (Fsp3) is 0.278. The van der Waals surface area contributed by atoms with Gasteiger partial charge in [0.25, 0.3) is 0 Å². The Morgan fingerprint density at radius 2 is 1.84 bits per heavy atom. The van der Waals surface area contributed by atoms with Gasteiger partial charge in [-0.1, -0.05) is 18.2 Å². The molecule has 0 aliphatic rings. The van der Waals surface area contributed by atoms with E-state index in [0.29, 0.717) is 11.4 Å². The van der Waals surface area contributed by atoms with E-state index < -0.39 is 10.0 Å². The lowest BCUT2D eigenvalue weighted by atomic mass is 10.2. The average molecular weight is 362 g/mol. The zero-order chi connectivity index (χ0) is 18.4. The van der Waals surface area contributed by atoms with Crippen LogP contribution in [0.15, 0.2) is 53.4 Å². The monoisotopic (exact) mass is 362 g/mol. The quantitative estimate of drug-likeness (QED) is 0.822. The molecule has 0 heterocycles. The second-order valence-electron chi connectivity index (χ2n) is 5.78. The largest absolute Gasteiger partial charge is 0.493 e. The molecule has 0 aliphatic carbocycles. The van der Waals surface area contributed by atoms with Gasteiger partial charge in [0.05, 0.1) is 17.9 Å². The molecule has 2 aromatic rings. The van der Waals surface area contributed by atoms with E-state index in [4.69, 9.17) is 4.74 Å². The molecule has 1 N–H and O–H groups in total. The summed E-state index contributed by atoms with van der Waals surface area (Å²) in [5.74, 6) is 0.471. The van der Waals surface area contributed by atoms with Crippen LogP contribution in [0, 0.1) is 6.92 Å². The minimum atomic E-state index is -3.53. The van der Waals surface area contributed by atoms with Crippen molar-refractivity contribution in [3.8, 4) is 5.75 Å². The molecule has 0 fully saturated rings.